The summed E-state index contributed by atoms with van der Waals surface area (Å²) in [6, 6.07) is 5.14. The highest BCUT2D eigenvalue weighted by Gasteiger charge is 2.13. The number of aromatic nitrogens is 2. The van der Waals surface area contributed by atoms with Crippen LogP contribution in [-0.2, 0) is 18.9 Å². The molecule has 0 aliphatic rings. The Labute approximate surface area is 110 Å². The number of primary amides is 1. The van der Waals surface area contributed by atoms with Crippen molar-refractivity contribution in [3.63, 3.8) is 0 Å². The van der Waals surface area contributed by atoms with Gasteiger partial charge in [-0.05, 0) is 24.6 Å². The third-order valence-corrected chi connectivity index (χ3v) is 3.36. The van der Waals surface area contributed by atoms with E-state index in [1.165, 1.54) is 0 Å². The predicted molar refractivity (Wildman–Crippen MR) is 75.1 cm³/mol. The van der Waals surface area contributed by atoms with Crippen LogP contribution in [0.1, 0.15) is 13.3 Å². The topological polar surface area (TPSA) is 82.1 Å². The summed E-state index contributed by atoms with van der Waals surface area (Å²) in [7, 11) is 3.45. The first-order chi connectivity index (χ1) is 8.95. The maximum atomic E-state index is 11.8. The van der Waals surface area contributed by atoms with Gasteiger partial charge in [0.25, 0.3) is 0 Å². The van der Waals surface area contributed by atoms with Crippen molar-refractivity contribution in [3.8, 4) is 0 Å². The van der Waals surface area contributed by atoms with Gasteiger partial charge in [-0.15, -0.1) is 0 Å². The average Bonchev–Trinajstić information content (AvgIpc) is 2.61. The lowest BCUT2D eigenvalue weighted by Crippen LogP contribution is -2.34. The second kappa shape index (κ2) is 4.79. The Balaban J connectivity index is 2.45. The molecule has 6 heteroatoms. The van der Waals surface area contributed by atoms with Gasteiger partial charge in [0.15, 0.2) is 0 Å². The third-order valence-electron chi connectivity index (χ3n) is 3.36. The van der Waals surface area contributed by atoms with Crippen LogP contribution in [0, 0.1) is 0 Å². The Morgan fingerprint density at radius 2 is 1.95 bits per heavy atom. The van der Waals surface area contributed by atoms with Crippen LogP contribution in [0.4, 0.5) is 5.69 Å². The predicted octanol–water partition coefficient (Wildman–Crippen LogP) is 0.553. The van der Waals surface area contributed by atoms with Crippen molar-refractivity contribution >= 4 is 22.6 Å². The Bertz CT molecular complexity index is 684. The van der Waals surface area contributed by atoms with E-state index in [1.807, 2.05) is 25.1 Å². The summed E-state index contributed by atoms with van der Waals surface area (Å²) in [6.07, 6.45) is 0.612. The molecule has 2 rings (SSSR count). The monoisotopic (exact) mass is 262 g/mol. The smallest absolute Gasteiger partial charge is 0.328 e. The number of nitrogens with zero attached hydrogens (tertiary/aromatic N) is 2. The summed E-state index contributed by atoms with van der Waals surface area (Å²) >= 11 is 0. The maximum Gasteiger partial charge on any atom is 0.328 e. The first kappa shape index (κ1) is 13.2. The van der Waals surface area contributed by atoms with Crippen molar-refractivity contribution in [2.24, 2.45) is 19.8 Å². The lowest BCUT2D eigenvalue weighted by Gasteiger charge is -2.14. The normalized spacial score (nSPS) is 12.6. The van der Waals surface area contributed by atoms with Crippen molar-refractivity contribution in [2.75, 3.05) is 5.32 Å². The Morgan fingerprint density at radius 1 is 1.32 bits per heavy atom. The minimum Gasteiger partial charge on any atom is -0.374 e. The highest BCUT2D eigenvalue weighted by molar-refractivity contribution is 5.85. The van der Waals surface area contributed by atoms with Crippen molar-refractivity contribution in [1.82, 2.24) is 9.13 Å². The summed E-state index contributed by atoms with van der Waals surface area (Å²) in [4.78, 5) is 23.0. The first-order valence-electron chi connectivity index (χ1n) is 6.17. The Morgan fingerprint density at radius 3 is 2.53 bits per heavy atom. The average molecular weight is 262 g/mol. The van der Waals surface area contributed by atoms with Crippen molar-refractivity contribution in [1.29, 1.82) is 0 Å². The van der Waals surface area contributed by atoms with Crippen LogP contribution < -0.4 is 16.7 Å². The number of carbonyl (C=O) groups excluding carboxylic acids is 1. The van der Waals surface area contributed by atoms with E-state index >= 15 is 0 Å². The molecule has 0 radical (unpaired) electrons. The lowest BCUT2D eigenvalue weighted by molar-refractivity contribution is -0.118. The second-order valence-corrected chi connectivity index (χ2v) is 4.61. The first-order valence-corrected chi connectivity index (χ1v) is 6.17. The molecule has 3 N–H and O–H groups in total. The fourth-order valence-corrected chi connectivity index (χ4v) is 2.17. The van der Waals surface area contributed by atoms with Gasteiger partial charge in [-0.25, -0.2) is 4.79 Å². The largest absolute Gasteiger partial charge is 0.374 e. The maximum absolute atomic E-state index is 11.8. The molecular formula is C13H18N4O2. The molecule has 6 nitrogen and oxygen atoms in total. The Kier molecular flexibility index (Phi) is 3.33. The van der Waals surface area contributed by atoms with Crippen LogP contribution >= 0.6 is 0 Å². The minimum absolute atomic E-state index is 0.0749. The minimum atomic E-state index is -0.404. The van der Waals surface area contributed by atoms with Crippen LogP contribution in [0.2, 0.25) is 0 Å². The van der Waals surface area contributed by atoms with Crippen molar-refractivity contribution in [3.05, 3.63) is 28.7 Å². The highest BCUT2D eigenvalue weighted by atomic mass is 16.2. The molecule has 0 aliphatic heterocycles. The quantitative estimate of drug-likeness (QED) is 0.844. The highest BCUT2D eigenvalue weighted by Crippen LogP contribution is 2.18. The van der Waals surface area contributed by atoms with E-state index in [0.717, 1.165) is 16.7 Å². The number of hydrogen-bond acceptors (Lipinski definition) is 3. The summed E-state index contributed by atoms with van der Waals surface area (Å²) < 4.78 is 3.16. The zero-order valence-corrected chi connectivity index (χ0v) is 11.3. The van der Waals surface area contributed by atoms with Gasteiger partial charge in [-0.2, -0.15) is 0 Å². The molecule has 0 saturated heterocycles. The molecule has 1 atom stereocenters. The number of hydrogen-bond donors (Lipinski definition) is 2. The molecule has 0 aliphatic carbocycles. The molecule has 0 unspecified atom stereocenters. The fourth-order valence-electron chi connectivity index (χ4n) is 2.17. The zero-order chi connectivity index (χ0) is 14.2. The standard InChI is InChI=1S/C13H18N4O2/c1-4-9(12(14)18)15-8-5-6-10-11(7-8)17(3)13(19)16(10)2/h5-7,9,15H,4H2,1-3H3,(H2,14,18)/t9-/m1/s1. The number of benzene rings is 1. The summed E-state index contributed by atoms with van der Waals surface area (Å²) in [5.74, 6) is -0.385. The molecule has 1 aromatic heterocycles. The number of amides is 1. The molecule has 0 bridgehead atoms. The number of imidazole rings is 1. The second-order valence-electron chi connectivity index (χ2n) is 4.61. The molecule has 1 heterocycles. The number of nitrogens with one attached hydrogen (secondary N) is 1. The molecule has 19 heavy (non-hydrogen) atoms. The van der Waals surface area contributed by atoms with E-state index in [1.54, 1.807) is 23.2 Å². The number of aryl methyl sites for hydroxylation is 2. The van der Waals surface area contributed by atoms with Crippen LogP contribution in [-0.4, -0.2) is 21.1 Å². The number of nitrogens with two attached hydrogens (primary N) is 1. The molecular weight excluding hydrogens is 244 g/mol. The van der Waals surface area contributed by atoms with Gasteiger partial charge in [-0.3, -0.25) is 13.9 Å². The summed E-state index contributed by atoms with van der Waals surface area (Å²) in [5, 5.41) is 3.08. The van der Waals surface area contributed by atoms with E-state index in [2.05, 4.69) is 5.32 Å². The number of fused-ring (bicyclic) bond motifs is 1. The van der Waals surface area contributed by atoms with Crippen molar-refractivity contribution in [2.45, 2.75) is 19.4 Å². The number of rotatable bonds is 4. The number of carbonyl (C=O) groups is 1. The van der Waals surface area contributed by atoms with Gasteiger partial charge in [0, 0.05) is 19.8 Å². The van der Waals surface area contributed by atoms with Crippen molar-refractivity contribution < 1.29 is 4.79 Å². The van der Waals surface area contributed by atoms with Gasteiger partial charge >= 0.3 is 5.69 Å². The Hall–Kier alpha value is -2.24. The molecule has 1 aromatic carbocycles. The molecule has 0 fully saturated rings. The van der Waals surface area contributed by atoms with Crippen LogP contribution in [0.3, 0.4) is 0 Å². The van der Waals surface area contributed by atoms with E-state index in [4.69, 9.17) is 5.73 Å². The third kappa shape index (κ3) is 2.21. The fraction of sp³-hybridized carbons (Fsp3) is 0.385. The molecule has 0 saturated carbocycles. The van der Waals surface area contributed by atoms with Crippen LogP contribution in [0.15, 0.2) is 23.0 Å². The molecule has 2 aromatic rings. The van der Waals surface area contributed by atoms with E-state index < -0.39 is 6.04 Å². The van der Waals surface area contributed by atoms with E-state index in [9.17, 15) is 9.59 Å². The van der Waals surface area contributed by atoms with Gasteiger partial charge in [0.1, 0.15) is 6.04 Å². The molecule has 0 spiro atoms. The van der Waals surface area contributed by atoms with Crippen LogP contribution in [0.25, 0.3) is 11.0 Å². The number of anilines is 1. The lowest BCUT2D eigenvalue weighted by atomic mass is 10.2. The van der Waals surface area contributed by atoms with Crippen LogP contribution in [0.5, 0.6) is 0 Å². The summed E-state index contributed by atoms with van der Waals surface area (Å²) in [5.41, 5.74) is 7.68. The summed E-state index contributed by atoms with van der Waals surface area (Å²) in [6.45, 7) is 1.89. The molecule has 1 amide bonds. The van der Waals surface area contributed by atoms with Gasteiger partial charge in [0.2, 0.25) is 5.91 Å². The SMILES string of the molecule is CC[C@@H](Nc1ccc2c(c1)n(C)c(=O)n2C)C(N)=O. The molecule has 102 valence electrons. The van der Waals surface area contributed by atoms with Gasteiger partial charge in [-0.1, -0.05) is 6.92 Å². The van der Waals surface area contributed by atoms with E-state index in [0.29, 0.717) is 6.42 Å². The zero-order valence-electron chi connectivity index (χ0n) is 11.3. The van der Waals surface area contributed by atoms with Gasteiger partial charge in [0.05, 0.1) is 11.0 Å². The van der Waals surface area contributed by atoms with E-state index in [-0.39, 0.29) is 11.6 Å². The van der Waals surface area contributed by atoms with Gasteiger partial charge < -0.3 is 11.1 Å².